The van der Waals surface area contributed by atoms with Crippen molar-refractivity contribution in [2.45, 2.75) is 58.9 Å². The summed E-state index contributed by atoms with van der Waals surface area (Å²) in [4.78, 5) is 24.0. The van der Waals surface area contributed by atoms with Crippen LogP contribution in [0.3, 0.4) is 0 Å². The van der Waals surface area contributed by atoms with Crippen LogP contribution in [0.15, 0.2) is 0 Å². The Kier molecular flexibility index (Phi) is 3.89. The molecule has 0 bridgehead atoms. The van der Waals surface area contributed by atoms with Crippen molar-refractivity contribution in [1.82, 2.24) is 5.32 Å². The number of hydrogen-bond donors (Lipinski definition) is 1. The highest BCUT2D eigenvalue weighted by atomic mass is 16.2. The molecular weight excluding hydrogens is 190 g/mol. The summed E-state index contributed by atoms with van der Waals surface area (Å²) in [6, 6.07) is 0.00633. The average molecular weight is 211 g/mol. The van der Waals surface area contributed by atoms with Crippen molar-refractivity contribution in [2.75, 3.05) is 0 Å². The molecule has 15 heavy (non-hydrogen) atoms. The van der Waals surface area contributed by atoms with Gasteiger partial charge in [0, 0.05) is 12.5 Å². The van der Waals surface area contributed by atoms with E-state index in [0.29, 0.717) is 19.3 Å². The summed E-state index contributed by atoms with van der Waals surface area (Å²) < 4.78 is 0. The van der Waals surface area contributed by atoms with Gasteiger partial charge in [0.2, 0.25) is 5.91 Å². The molecule has 1 unspecified atom stereocenters. The summed E-state index contributed by atoms with van der Waals surface area (Å²) in [7, 11) is 0. The zero-order chi connectivity index (χ0) is 11.5. The van der Waals surface area contributed by atoms with Gasteiger partial charge in [-0.2, -0.15) is 0 Å². The molecule has 0 aromatic rings. The quantitative estimate of drug-likeness (QED) is 0.723. The number of hydrogen-bond acceptors (Lipinski definition) is 2. The summed E-state index contributed by atoms with van der Waals surface area (Å²) in [5.74, 6) is 0.0948. The van der Waals surface area contributed by atoms with Crippen LogP contribution in [0.2, 0.25) is 0 Å². The van der Waals surface area contributed by atoms with Crippen molar-refractivity contribution in [1.29, 1.82) is 0 Å². The highest BCUT2D eigenvalue weighted by Crippen LogP contribution is 2.35. The Labute approximate surface area is 91.6 Å². The first-order chi connectivity index (χ1) is 7.06. The van der Waals surface area contributed by atoms with Crippen LogP contribution >= 0.6 is 0 Å². The van der Waals surface area contributed by atoms with Crippen LogP contribution in [0.1, 0.15) is 52.9 Å². The summed E-state index contributed by atoms with van der Waals surface area (Å²) in [5, 5.41) is 2.91. The van der Waals surface area contributed by atoms with E-state index in [4.69, 9.17) is 0 Å². The minimum atomic E-state index is -0.712. The molecule has 0 aliphatic carbocycles. The molecule has 1 aliphatic rings. The molecule has 0 aromatic carbocycles. The Bertz CT molecular complexity index is 234. The van der Waals surface area contributed by atoms with E-state index in [9.17, 15) is 9.59 Å². The van der Waals surface area contributed by atoms with Gasteiger partial charge in [-0.05, 0) is 19.8 Å². The number of amides is 1. The first-order valence-electron chi connectivity index (χ1n) is 5.91. The monoisotopic (exact) mass is 211 g/mol. The second-order valence-corrected chi connectivity index (χ2v) is 4.58. The molecule has 1 aliphatic heterocycles. The zero-order valence-corrected chi connectivity index (χ0v) is 9.93. The van der Waals surface area contributed by atoms with Gasteiger partial charge in [0.05, 0.1) is 0 Å². The first-order valence-corrected chi connectivity index (χ1v) is 5.91. The highest BCUT2D eigenvalue weighted by molar-refractivity contribution is 6.08. The van der Waals surface area contributed by atoms with Crippen LogP contribution < -0.4 is 5.32 Å². The van der Waals surface area contributed by atoms with E-state index in [0.717, 1.165) is 12.8 Å². The van der Waals surface area contributed by atoms with Crippen LogP contribution in [0.25, 0.3) is 0 Å². The lowest BCUT2D eigenvalue weighted by Gasteiger charge is -2.37. The molecule has 1 atom stereocenters. The molecule has 0 spiro atoms. The maximum Gasteiger partial charge on any atom is 0.233 e. The van der Waals surface area contributed by atoms with E-state index in [2.05, 4.69) is 5.32 Å². The molecule has 86 valence electrons. The molecular formula is C12H21NO2. The van der Waals surface area contributed by atoms with Gasteiger partial charge in [0.1, 0.15) is 11.2 Å². The van der Waals surface area contributed by atoms with Gasteiger partial charge in [-0.3, -0.25) is 9.59 Å². The Morgan fingerprint density at radius 2 is 1.80 bits per heavy atom. The van der Waals surface area contributed by atoms with Gasteiger partial charge in [-0.15, -0.1) is 0 Å². The molecule has 1 saturated heterocycles. The third-order valence-electron chi connectivity index (χ3n) is 3.19. The van der Waals surface area contributed by atoms with Crippen molar-refractivity contribution in [3.05, 3.63) is 0 Å². The first kappa shape index (κ1) is 12.2. The molecule has 1 fully saturated rings. The zero-order valence-electron chi connectivity index (χ0n) is 9.93. The molecule has 1 N–H and O–H groups in total. The standard InChI is InChI=1S/C12H21NO2/c1-4-6-12(7-5-2)10(14)8-9(3)13-11(12)15/h9H,4-8H2,1-3H3,(H,13,15). The third kappa shape index (κ3) is 2.21. The van der Waals surface area contributed by atoms with Gasteiger partial charge in [0.15, 0.2) is 0 Å². The number of carbonyl (C=O) groups excluding carboxylic acids is 2. The van der Waals surface area contributed by atoms with Gasteiger partial charge in [-0.25, -0.2) is 0 Å². The number of piperidine rings is 1. The average Bonchev–Trinajstić information content (AvgIpc) is 2.14. The second kappa shape index (κ2) is 4.77. The minimum absolute atomic E-state index is 0.00633. The SMILES string of the molecule is CCCC1(CCC)C(=O)CC(C)NC1=O. The number of Topliss-reactive ketones (excluding diaryl/α,β-unsaturated/α-hetero) is 1. The molecule has 1 amide bonds. The Morgan fingerprint density at radius 3 is 2.20 bits per heavy atom. The normalized spacial score (nSPS) is 25.1. The highest BCUT2D eigenvalue weighted by Gasteiger charge is 2.47. The van der Waals surface area contributed by atoms with Crippen LogP contribution in [-0.4, -0.2) is 17.7 Å². The summed E-state index contributed by atoms with van der Waals surface area (Å²) in [6.07, 6.45) is 3.64. The topological polar surface area (TPSA) is 46.2 Å². The van der Waals surface area contributed by atoms with Crippen molar-refractivity contribution >= 4 is 11.7 Å². The Balaban J connectivity index is 2.92. The van der Waals surface area contributed by atoms with Crippen molar-refractivity contribution in [3.8, 4) is 0 Å². The molecule has 3 nitrogen and oxygen atoms in total. The Hall–Kier alpha value is -0.860. The number of ketones is 1. The van der Waals surface area contributed by atoms with E-state index < -0.39 is 5.41 Å². The van der Waals surface area contributed by atoms with Crippen LogP contribution in [-0.2, 0) is 9.59 Å². The molecule has 1 heterocycles. The van der Waals surface area contributed by atoms with E-state index in [1.165, 1.54) is 0 Å². The molecule has 0 saturated carbocycles. The van der Waals surface area contributed by atoms with Gasteiger partial charge < -0.3 is 5.32 Å². The van der Waals surface area contributed by atoms with Crippen molar-refractivity contribution < 1.29 is 9.59 Å². The fraction of sp³-hybridized carbons (Fsp3) is 0.833. The molecule has 0 radical (unpaired) electrons. The lowest BCUT2D eigenvalue weighted by atomic mass is 9.71. The van der Waals surface area contributed by atoms with E-state index in [1.807, 2.05) is 20.8 Å². The van der Waals surface area contributed by atoms with Gasteiger partial charge >= 0.3 is 0 Å². The van der Waals surface area contributed by atoms with E-state index in [-0.39, 0.29) is 17.7 Å². The van der Waals surface area contributed by atoms with Gasteiger partial charge in [0.25, 0.3) is 0 Å². The molecule has 1 rings (SSSR count). The third-order valence-corrected chi connectivity index (χ3v) is 3.19. The summed E-state index contributed by atoms with van der Waals surface area (Å²) in [5.41, 5.74) is -0.712. The Morgan fingerprint density at radius 1 is 1.27 bits per heavy atom. The van der Waals surface area contributed by atoms with Crippen molar-refractivity contribution in [3.63, 3.8) is 0 Å². The fourth-order valence-corrected chi connectivity index (χ4v) is 2.50. The van der Waals surface area contributed by atoms with Gasteiger partial charge in [-0.1, -0.05) is 26.7 Å². The predicted octanol–water partition coefficient (Wildman–Crippen LogP) is 2.05. The number of rotatable bonds is 4. The molecule has 0 aromatic heterocycles. The lowest BCUT2D eigenvalue weighted by Crippen LogP contribution is -2.55. The number of nitrogens with one attached hydrogen (secondary N) is 1. The second-order valence-electron chi connectivity index (χ2n) is 4.58. The predicted molar refractivity (Wildman–Crippen MR) is 59.5 cm³/mol. The van der Waals surface area contributed by atoms with Crippen LogP contribution in [0.4, 0.5) is 0 Å². The van der Waals surface area contributed by atoms with Crippen LogP contribution in [0.5, 0.6) is 0 Å². The van der Waals surface area contributed by atoms with E-state index >= 15 is 0 Å². The summed E-state index contributed by atoms with van der Waals surface area (Å²) in [6.45, 7) is 5.93. The van der Waals surface area contributed by atoms with Crippen molar-refractivity contribution in [2.24, 2.45) is 5.41 Å². The fourth-order valence-electron chi connectivity index (χ4n) is 2.50. The maximum atomic E-state index is 12.1. The molecule has 3 heteroatoms. The lowest BCUT2D eigenvalue weighted by molar-refractivity contribution is -0.147. The largest absolute Gasteiger partial charge is 0.352 e. The maximum absolute atomic E-state index is 12.1. The minimum Gasteiger partial charge on any atom is -0.352 e. The van der Waals surface area contributed by atoms with E-state index in [1.54, 1.807) is 0 Å². The summed E-state index contributed by atoms with van der Waals surface area (Å²) >= 11 is 0. The van der Waals surface area contributed by atoms with Crippen LogP contribution in [0, 0.1) is 5.41 Å². The number of carbonyl (C=O) groups is 2. The smallest absolute Gasteiger partial charge is 0.233 e.